The van der Waals surface area contributed by atoms with Crippen LogP contribution in [0.4, 0.5) is 0 Å². The van der Waals surface area contributed by atoms with Crippen LogP contribution in [0.5, 0.6) is 0 Å². The first-order valence-electron chi connectivity index (χ1n) is 7.48. The van der Waals surface area contributed by atoms with E-state index in [1.807, 2.05) is 0 Å². The summed E-state index contributed by atoms with van der Waals surface area (Å²) in [6.45, 7) is 1.58. The number of nitro groups is 1. The first-order valence-corrected chi connectivity index (χ1v) is 7.48. The van der Waals surface area contributed by atoms with Crippen LogP contribution in [0, 0.1) is 22.0 Å². The minimum absolute atomic E-state index is 0.0517. The van der Waals surface area contributed by atoms with Gasteiger partial charge in [0.25, 0.3) is 0 Å². The Kier molecular flexibility index (Phi) is 4.77. The first kappa shape index (κ1) is 14.3. The Morgan fingerprint density at radius 2 is 1.74 bits per heavy atom. The Bertz CT molecular complexity index is 338. The third kappa shape index (κ3) is 3.67. The van der Waals surface area contributed by atoms with E-state index in [1.54, 1.807) is 6.92 Å². The molecule has 19 heavy (non-hydrogen) atoms. The van der Waals surface area contributed by atoms with Gasteiger partial charge in [-0.2, -0.15) is 0 Å². The fourth-order valence-electron chi connectivity index (χ4n) is 3.90. The zero-order chi connectivity index (χ0) is 13.8. The van der Waals surface area contributed by atoms with Gasteiger partial charge >= 0.3 is 0 Å². The van der Waals surface area contributed by atoms with Gasteiger partial charge in [-0.1, -0.05) is 12.8 Å². The molecule has 1 N–H and O–H groups in total. The maximum atomic E-state index is 11.3. The highest BCUT2D eigenvalue weighted by Gasteiger charge is 2.37. The lowest BCUT2D eigenvalue weighted by Crippen LogP contribution is -2.45. The summed E-state index contributed by atoms with van der Waals surface area (Å²) < 4.78 is 0. The maximum Gasteiger partial charge on any atom is 0.217 e. The molecule has 2 fully saturated rings. The van der Waals surface area contributed by atoms with Crippen LogP contribution in [0.25, 0.3) is 0 Å². The van der Waals surface area contributed by atoms with Gasteiger partial charge in [-0.15, -0.1) is 0 Å². The van der Waals surface area contributed by atoms with Crippen LogP contribution in [0.3, 0.4) is 0 Å². The van der Waals surface area contributed by atoms with E-state index in [2.05, 4.69) is 5.32 Å². The molecule has 5 nitrogen and oxygen atoms in total. The fourth-order valence-corrected chi connectivity index (χ4v) is 3.90. The van der Waals surface area contributed by atoms with E-state index in [0.29, 0.717) is 30.7 Å². The molecule has 108 valence electrons. The van der Waals surface area contributed by atoms with Gasteiger partial charge < -0.3 is 5.32 Å². The van der Waals surface area contributed by atoms with Crippen LogP contribution in [0.2, 0.25) is 0 Å². The summed E-state index contributed by atoms with van der Waals surface area (Å²) in [4.78, 5) is 22.0. The summed E-state index contributed by atoms with van der Waals surface area (Å²) in [6.07, 6.45) is 7.97. The number of nitrogens with one attached hydrogen (secondary N) is 1. The minimum atomic E-state index is -0.334. The third-order valence-electron chi connectivity index (χ3n) is 4.85. The van der Waals surface area contributed by atoms with E-state index >= 15 is 0 Å². The number of nitrogens with zero attached hydrogens (tertiary/aromatic N) is 1. The molecule has 2 atom stereocenters. The van der Waals surface area contributed by atoms with Crippen molar-refractivity contribution in [2.45, 2.75) is 70.4 Å². The summed E-state index contributed by atoms with van der Waals surface area (Å²) in [5.74, 6) is 1.15. The Balaban J connectivity index is 1.92. The van der Waals surface area contributed by atoms with Gasteiger partial charge in [-0.25, -0.2) is 0 Å². The van der Waals surface area contributed by atoms with Gasteiger partial charge in [0, 0.05) is 30.7 Å². The lowest BCUT2D eigenvalue weighted by atomic mass is 9.70. The molecule has 2 rings (SSSR count). The van der Waals surface area contributed by atoms with Crippen molar-refractivity contribution < 1.29 is 9.72 Å². The second-order valence-electron chi connectivity index (χ2n) is 6.11. The smallest absolute Gasteiger partial charge is 0.217 e. The van der Waals surface area contributed by atoms with Crippen molar-refractivity contribution in [2.75, 3.05) is 0 Å². The molecule has 0 heterocycles. The Morgan fingerprint density at radius 1 is 1.11 bits per heavy atom. The fraction of sp³-hybridized carbons (Fsp3) is 0.929. The van der Waals surface area contributed by atoms with Crippen LogP contribution >= 0.6 is 0 Å². The van der Waals surface area contributed by atoms with E-state index in [9.17, 15) is 14.9 Å². The highest BCUT2D eigenvalue weighted by Crippen LogP contribution is 2.39. The predicted octanol–water partition coefficient (Wildman–Crippen LogP) is 2.52. The Morgan fingerprint density at radius 3 is 2.32 bits per heavy atom. The van der Waals surface area contributed by atoms with Crippen molar-refractivity contribution in [3.8, 4) is 0 Å². The molecule has 2 aliphatic carbocycles. The van der Waals surface area contributed by atoms with Gasteiger partial charge in [0.15, 0.2) is 0 Å². The summed E-state index contributed by atoms with van der Waals surface area (Å²) in [6, 6.07) is -0.0394. The largest absolute Gasteiger partial charge is 0.353 e. The minimum Gasteiger partial charge on any atom is -0.353 e. The van der Waals surface area contributed by atoms with Gasteiger partial charge in [-0.05, 0) is 37.5 Å². The topological polar surface area (TPSA) is 72.2 Å². The third-order valence-corrected chi connectivity index (χ3v) is 4.85. The highest BCUT2D eigenvalue weighted by molar-refractivity contribution is 5.73. The van der Waals surface area contributed by atoms with Gasteiger partial charge in [0.1, 0.15) is 0 Å². The van der Waals surface area contributed by atoms with Crippen LogP contribution in [-0.2, 0) is 4.79 Å². The van der Waals surface area contributed by atoms with Crippen molar-refractivity contribution in [2.24, 2.45) is 11.8 Å². The number of hydrogen-bond donors (Lipinski definition) is 1. The molecule has 0 saturated heterocycles. The molecule has 0 bridgehead atoms. The lowest BCUT2D eigenvalue weighted by Gasteiger charge is -2.39. The molecule has 0 unspecified atom stereocenters. The molecule has 0 aliphatic heterocycles. The normalized spacial score (nSPS) is 35.6. The molecule has 0 spiro atoms. The molecule has 0 aromatic heterocycles. The molecule has 0 aromatic rings. The van der Waals surface area contributed by atoms with Crippen molar-refractivity contribution in [3.05, 3.63) is 10.1 Å². The molecule has 1 amide bonds. The van der Waals surface area contributed by atoms with E-state index in [-0.39, 0.29) is 16.9 Å². The Hall–Kier alpha value is -1.13. The highest BCUT2D eigenvalue weighted by atomic mass is 16.6. The quantitative estimate of drug-likeness (QED) is 0.631. The maximum absolute atomic E-state index is 11.3. The Labute approximate surface area is 114 Å². The lowest BCUT2D eigenvalue weighted by molar-refractivity contribution is -0.527. The van der Waals surface area contributed by atoms with Crippen molar-refractivity contribution >= 4 is 5.91 Å². The number of hydrogen-bond acceptors (Lipinski definition) is 3. The van der Waals surface area contributed by atoms with Crippen molar-refractivity contribution in [3.63, 3.8) is 0 Å². The molecule has 0 aromatic carbocycles. The number of carbonyl (C=O) groups excluding carboxylic acids is 1. The number of rotatable bonds is 3. The number of carbonyl (C=O) groups is 1. The van der Waals surface area contributed by atoms with Crippen LogP contribution in [-0.4, -0.2) is 22.9 Å². The molecule has 2 saturated carbocycles. The van der Waals surface area contributed by atoms with E-state index < -0.39 is 0 Å². The predicted molar refractivity (Wildman–Crippen MR) is 72.3 cm³/mol. The first-order chi connectivity index (χ1) is 9.08. The summed E-state index contributed by atoms with van der Waals surface area (Å²) in [5, 5.41) is 13.9. The van der Waals surface area contributed by atoms with Gasteiger partial charge in [-0.3, -0.25) is 14.9 Å². The van der Waals surface area contributed by atoms with E-state index in [1.165, 1.54) is 19.3 Å². The second-order valence-corrected chi connectivity index (χ2v) is 6.11. The standard InChI is InChI=1S/C14H24N2O3/c1-10(17)15-14-5-3-2-4-13(14)11-6-8-12(9-7-11)16(18)19/h11-14H,2-9H2,1H3,(H,15,17)/t11?,12?,13-,14+/m0/s1. The molecule has 5 heteroatoms. The van der Waals surface area contributed by atoms with E-state index in [4.69, 9.17) is 0 Å². The second kappa shape index (κ2) is 6.35. The molecule has 2 aliphatic rings. The molecular weight excluding hydrogens is 244 g/mol. The van der Waals surface area contributed by atoms with Crippen LogP contribution in [0.15, 0.2) is 0 Å². The average molecular weight is 268 g/mol. The summed E-state index contributed by atoms with van der Waals surface area (Å²) in [7, 11) is 0. The summed E-state index contributed by atoms with van der Waals surface area (Å²) in [5.41, 5.74) is 0. The number of amides is 1. The SMILES string of the molecule is CC(=O)N[C@@H]1CCCC[C@H]1C1CCC([N+](=O)[O-])CC1. The molecular formula is C14H24N2O3. The summed E-state index contributed by atoms with van der Waals surface area (Å²) >= 11 is 0. The zero-order valence-electron chi connectivity index (χ0n) is 11.6. The van der Waals surface area contributed by atoms with Crippen molar-refractivity contribution in [1.29, 1.82) is 0 Å². The van der Waals surface area contributed by atoms with Crippen LogP contribution < -0.4 is 5.32 Å². The average Bonchev–Trinajstić information content (AvgIpc) is 2.39. The van der Waals surface area contributed by atoms with Gasteiger partial charge in [0.05, 0.1) is 0 Å². The zero-order valence-corrected chi connectivity index (χ0v) is 11.6. The van der Waals surface area contributed by atoms with Gasteiger partial charge in [0.2, 0.25) is 11.9 Å². The monoisotopic (exact) mass is 268 g/mol. The van der Waals surface area contributed by atoms with Crippen molar-refractivity contribution in [1.82, 2.24) is 5.32 Å². The van der Waals surface area contributed by atoms with E-state index in [0.717, 1.165) is 19.3 Å². The van der Waals surface area contributed by atoms with Crippen LogP contribution in [0.1, 0.15) is 58.3 Å². The molecule has 0 radical (unpaired) electrons.